The van der Waals surface area contributed by atoms with Crippen LogP contribution in [0.5, 0.6) is 5.75 Å². The van der Waals surface area contributed by atoms with Gasteiger partial charge in [-0.2, -0.15) is 0 Å². The van der Waals surface area contributed by atoms with Crippen LogP contribution < -0.4 is 4.74 Å². The summed E-state index contributed by atoms with van der Waals surface area (Å²) in [5, 5.41) is 0. The van der Waals surface area contributed by atoms with Gasteiger partial charge in [-0.05, 0) is 43.5 Å². The number of ether oxygens (including phenoxy) is 1. The Kier molecular flexibility index (Phi) is 4.56. The number of aryl methyl sites for hydroxylation is 3. The molecule has 0 aliphatic rings. The summed E-state index contributed by atoms with van der Waals surface area (Å²) in [5.74, 6) is 0.847. The maximum absolute atomic E-state index is 10.8. The Morgan fingerprint density at radius 3 is 2.60 bits per heavy atom. The summed E-state index contributed by atoms with van der Waals surface area (Å²) in [5.41, 5.74) is 3.70. The van der Waals surface area contributed by atoms with Gasteiger partial charge in [-0.3, -0.25) is 4.79 Å². The molecule has 1 aromatic heterocycles. The van der Waals surface area contributed by atoms with Gasteiger partial charge < -0.3 is 9.30 Å². The van der Waals surface area contributed by atoms with Gasteiger partial charge in [0.1, 0.15) is 18.6 Å². The predicted molar refractivity (Wildman–Crippen MR) is 78.2 cm³/mol. The molecule has 0 aliphatic carbocycles. The monoisotopic (exact) mass is 272 g/mol. The summed E-state index contributed by atoms with van der Waals surface area (Å²) in [7, 11) is 0. The summed E-state index contributed by atoms with van der Waals surface area (Å²) in [6.07, 6.45) is 5.59. The molecule has 0 radical (unpaired) electrons. The molecule has 0 amide bonds. The highest BCUT2D eigenvalue weighted by Crippen LogP contribution is 2.25. The number of hydrogen-bond acceptors (Lipinski definition) is 3. The van der Waals surface area contributed by atoms with Gasteiger partial charge in [0, 0.05) is 12.1 Å². The van der Waals surface area contributed by atoms with Crippen LogP contribution in [0.15, 0.2) is 24.7 Å². The van der Waals surface area contributed by atoms with Crippen molar-refractivity contribution in [3.05, 3.63) is 47.0 Å². The third-order valence-corrected chi connectivity index (χ3v) is 3.25. The van der Waals surface area contributed by atoms with E-state index < -0.39 is 0 Å². The molecule has 0 N–H and O–H groups in total. The Labute approximate surface area is 119 Å². The van der Waals surface area contributed by atoms with Crippen LogP contribution in [0.4, 0.5) is 0 Å². The highest BCUT2D eigenvalue weighted by molar-refractivity contribution is 5.76. The average molecular weight is 272 g/mol. The first-order valence-electron chi connectivity index (χ1n) is 6.84. The number of benzene rings is 1. The minimum Gasteiger partial charge on any atom is -0.487 e. The minimum absolute atomic E-state index is 0.488. The fourth-order valence-electron chi connectivity index (χ4n) is 2.34. The molecule has 4 heteroatoms. The number of aldehydes is 1. The van der Waals surface area contributed by atoms with Crippen molar-refractivity contribution in [1.82, 2.24) is 9.55 Å². The van der Waals surface area contributed by atoms with E-state index in [9.17, 15) is 4.79 Å². The van der Waals surface area contributed by atoms with Crippen molar-refractivity contribution in [2.45, 2.75) is 40.3 Å². The Morgan fingerprint density at radius 2 is 2.00 bits per heavy atom. The second-order valence-corrected chi connectivity index (χ2v) is 4.97. The van der Waals surface area contributed by atoms with Crippen LogP contribution in [0.3, 0.4) is 0 Å². The Morgan fingerprint density at radius 1 is 1.30 bits per heavy atom. The van der Waals surface area contributed by atoms with Crippen molar-refractivity contribution in [1.29, 1.82) is 0 Å². The number of imidazole rings is 1. The average Bonchev–Trinajstić information content (AvgIpc) is 2.85. The normalized spacial score (nSPS) is 10.6. The third-order valence-electron chi connectivity index (χ3n) is 3.25. The number of hydrogen-bond donors (Lipinski definition) is 0. The summed E-state index contributed by atoms with van der Waals surface area (Å²) < 4.78 is 8.02. The highest BCUT2D eigenvalue weighted by Gasteiger charge is 2.08. The lowest BCUT2D eigenvalue weighted by atomic mass is 10.1. The first-order chi connectivity index (χ1) is 9.65. The van der Waals surface area contributed by atoms with E-state index in [1.165, 1.54) is 0 Å². The van der Waals surface area contributed by atoms with Crippen molar-refractivity contribution >= 4 is 6.29 Å². The predicted octanol–water partition coefficient (Wildman–Crippen LogP) is 3.30. The summed E-state index contributed by atoms with van der Waals surface area (Å²) in [6, 6.07) is 3.69. The van der Waals surface area contributed by atoms with Crippen LogP contribution in [0, 0.1) is 13.8 Å². The molecular formula is C16H20N2O2. The molecule has 20 heavy (non-hydrogen) atoms. The first-order valence-corrected chi connectivity index (χ1v) is 6.84. The molecule has 0 atom stereocenters. The van der Waals surface area contributed by atoms with Crippen LogP contribution in [0.2, 0.25) is 0 Å². The number of nitrogens with zero attached hydrogens (tertiary/aromatic N) is 2. The molecule has 0 saturated carbocycles. The minimum atomic E-state index is 0.488. The fourth-order valence-corrected chi connectivity index (χ4v) is 2.34. The SMILES string of the molecule is CCCn1cncc1COc1c(C)cc(C=O)cc1C. The molecule has 1 heterocycles. The van der Waals surface area contributed by atoms with Crippen LogP contribution >= 0.6 is 0 Å². The smallest absolute Gasteiger partial charge is 0.150 e. The van der Waals surface area contributed by atoms with Crippen molar-refractivity contribution in [2.75, 3.05) is 0 Å². The molecule has 0 unspecified atom stereocenters. The van der Waals surface area contributed by atoms with E-state index in [0.29, 0.717) is 12.2 Å². The van der Waals surface area contributed by atoms with Gasteiger partial charge in [0.05, 0.1) is 18.2 Å². The molecule has 0 saturated heterocycles. The largest absolute Gasteiger partial charge is 0.487 e. The van der Waals surface area contributed by atoms with Crippen LogP contribution in [-0.4, -0.2) is 15.8 Å². The number of aromatic nitrogens is 2. The number of carbonyl (C=O) groups excluding carboxylic acids is 1. The summed E-state index contributed by atoms with van der Waals surface area (Å²) in [4.78, 5) is 15.0. The zero-order valence-electron chi connectivity index (χ0n) is 12.2. The molecule has 2 rings (SSSR count). The molecule has 1 aromatic carbocycles. The van der Waals surface area contributed by atoms with Gasteiger partial charge in [0.2, 0.25) is 0 Å². The lowest BCUT2D eigenvalue weighted by Gasteiger charge is -2.13. The molecule has 4 nitrogen and oxygen atoms in total. The quantitative estimate of drug-likeness (QED) is 0.758. The van der Waals surface area contributed by atoms with E-state index in [4.69, 9.17) is 4.74 Å². The van der Waals surface area contributed by atoms with Gasteiger partial charge in [-0.15, -0.1) is 0 Å². The molecule has 0 fully saturated rings. The van der Waals surface area contributed by atoms with Gasteiger partial charge in [0.15, 0.2) is 0 Å². The van der Waals surface area contributed by atoms with E-state index in [-0.39, 0.29) is 0 Å². The van der Waals surface area contributed by atoms with E-state index in [0.717, 1.165) is 41.8 Å². The van der Waals surface area contributed by atoms with Crippen molar-refractivity contribution in [3.8, 4) is 5.75 Å². The molecular weight excluding hydrogens is 252 g/mol. The van der Waals surface area contributed by atoms with Gasteiger partial charge in [0.25, 0.3) is 0 Å². The van der Waals surface area contributed by atoms with Crippen LogP contribution in [-0.2, 0) is 13.2 Å². The van der Waals surface area contributed by atoms with E-state index in [1.54, 1.807) is 0 Å². The standard InChI is InChI=1S/C16H20N2O2/c1-4-5-18-11-17-8-15(18)10-20-16-12(2)6-14(9-19)7-13(16)3/h6-9,11H,4-5,10H2,1-3H3. The second-order valence-electron chi connectivity index (χ2n) is 4.97. The van der Waals surface area contributed by atoms with Gasteiger partial charge in [-0.25, -0.2) is 4.98 Å². The molecule has 0 aliphatic heterocycles. The molecule has 0 spiro atoms. The van der Waals surface area contributed by atoms with Crippen molar-refractivity contribution < 1.29 is 9.53 Å². The number of carbonyl (C=O) groups is 1. The lowest BCUT2D eigenvalue weighted by Crippen LogP contribution is -2.06. The zero-order valence-corrected chi connectivity index (χ0v) is 12.2. The van der Waals surface area contributed by atoms with E-state index >= 15 is 0 Å². The van der Waals surface area contributed by atoms with Crippen molar-refractivity contribution in [3.63, 3.8) is 0 Å². The molecule has 0 bridgehead atoms. The maximum atomic E-state index is 10.8. The van der Waals surface area contributed by atoms with Gasteiger partial charge >= 0.3 is 0 Å². The maximum Gasteiger partial charge on any atom is 0.150 e. The van der Waals surface area contributed by atoms with Crippen molar-refractivity contribution in [2.24, 2.45) is 0 Å². The molecule has 2 aromatic rings. The molecule has 106 valence electrons. The van der Waals surface area contributed by atoms with Gasteiger partial charge in [-0.1, -0.05) is 6.92 Å². The first kappa shape index (κ1) is 14.3. The van der Waals surface area contributed by atoms with Crippen LogP contribution in [0.1, 0.15) is 40.5 Å². The summed E-state index contributed by atoms with van der Waals surface area (Å²) in [6.45, 7) is 7.48. The Bertz CT molecular complexity index is 579. The van der Waals surface area contributed by atoms with Crippen LogP contribution in [0.25, 0.3) is 0 Å². The van der Waals surface area contributed by atoms with E-state index in [2.05, 4.69) is 16.5 Å². The number of rotatable bonds is 6. The fraction of sp³-hybridized carbons (Fsp3) is 0.375. The highest BCUT2D eigenvalue weighted by atomic mass is 16.5. The topological polar surface area (TPSA) is 44.1 Å². The zero-order chi connectivity index (χ0) is 14.5. The third kappa shape index (κ3) is 3.07. The summed E-state index contributed by atoms with van der Waals surface area (Å²) >= 11 is 0. The second kappa shape index (κ2) is 6.37. The Hall–Kier alpha value is -2.10. The Balaban J connectivity index is 2.14. The lowest BCUT2D eigenvalue weighted by molar-refractivity contribution is 0.112. The van der Waals surface area contributed by atoms with E-state index in [1.807, 2.05) is 38.5 Å².